The van der Waals surface area contributed by atoms with Crippen molar-refractivity contribution in [3.8, 4) is 23.0 Å². The molecule has 0 unspecified atom stereocenters. The Morgan fingerprint density at radius 3 is 2.67 bits per heavy atom. The van der Waals surface area contributed by atoms with E-state index >= 15 is 0 Å². The zero-order valence-electron chi connectivity index (χ0n) is 14.9. The van der Waals surface area contributed by atoms with Crippen molar-refractivity contribution in [2.24, 2.45) is 0 Å². The number of ether oxygens (including phenoxy) is 4. The summed E-state index contributed by atoms with van der Waals surface area (Å²) in [6.07, 6.45) is 1.24. The highest BCUT2D eigenvalue weighted by Crippen LogP contribution is 2.26. The van der Waals surface area contributed by atoms with E-state index < -0.39 is 5.97 Å². The average Bonchev–Trinajstić information content (AvgIpc) is 2.69. The molecule has 3 aromatic rings. The molecule has 0 spiro atoms. The molecule has 7 heteroatoms. The minimum Gasteiger partial charge on any atom is -0.497 e. The summed E-state index contributed by atoms with van der Waals surface area (Å²) in [6, 6.07) is 11.6. The molecule has 0 saturated heterocycles. The summed E-state index contributed by atoms with van der Waals surface area (Å²) in [5.74, 6) is 1.04. The summed E-state index contributed by atoms with van der Waals surface area (Å²) in [5, 5.41) is 0.332. The number of fused-ring (bicyclic) bond motifs is 1. The molecule has 0 fully saturated rings. The van der Waals surface area contributed by atoms with Crippen molar-refractivity contribution in [1.29, 1.82) is 0 Å². The van der Waals surface area contributed by atoms with Crippen LogP contribution in [-0.2, 0) is 9.53 Å². The first-order valence-electron chi connectivity index (χ1n) is 8.26. The van der Waals surface area contributed by atoms with E-state index in [1.54, 1.807) is 50.4 Å². The van der Waals surface area contributed by atoms with E-state index in [1.807, 2.05) is 0 Å². The molecule has 27 heavy (non-hydrogen) atoms. The molecule has 0 atom stereocenters. The SMILES string of the molecule is CCOC(=O)COc1ccc2c(=O)c(Oc3cccc(OC)c3)coc2c1. The number of esters is 1. The van der Waals surface area contributed by atoms with Crippen molar-refractivity contribution in [1.82, 2.24) is 0 Å². The second-order valence-corrected chi connectivity index (χ2v) is 5.46. The van der Waals surface area contributed by atoms with Gasteiger partial charge in [-0.2, -0.15) is 0 Å². The van der Waals surface area contributed by atoms with Crippen molar-refractivity contribution in [3.63, 3.8) is 0 Å². The zero-order chi connectivity index (χ0) is 19.2. The third-order valence-electron chi connectivity index (χ3n) is 3.65. The first-order valence-corrected chi connectivity index (χ1v) is 8.26. The smallest absolute Gasteiger partial charge is 0.344 e. The van der Waals surface area contributed by atoms with Crippen LogP contribution in [0.15, 0.2) is 57.9 Å². The number of rotatable bonds is 7. The van der Waals surface area contributed by atoms with E-state index in [2.05, 4.69) is 0 Å². The fraction of sp³-hybridized carbons (Fsp3) is 0.200. The molecule has 0 bridgehead atoms. The van der Waals surface area contributed by atoms with Crippen molar-refractivity contribution in [2.75, 3.05) is 20.3 Å². The van der Waals surface area contributed by atoms with E-state index in [9.17, 15) is 9.59 Å². The minimum atomic E-state index is -0.471. The van der Waals surface area contributed by atoms with Crippen LogP contribution in [0.5, 0.6) is 23.0 Å². The molecule has 0 amide bonds. The molecular formula is C20H18O7. The van der Waals surface area contributed by atoms with E-state index in [4.69, 9.17) is 23.4 Å². The lowest BCUT2D eigenvalue weighted by molar-refractivity contribution is -0.145. The molecule has 1 aromatic heterocycles. The van der Waals surface area contributed by atoms with Gasteiger partial charge in [0.05, 0.1) is 19.1 Å². The van der Waals surface area contributed by atoms with Gasteiger partial charge in [-0.05, 0) is 31.2 Å². The van der Waals surface area contributed by atoms with Crippen LogP contribution in [0.1, 0.15) is 6.92 Å². The lowest BCUT2D eigenvalue weighted by Gasteiger charge is -2.08. The first-order chi connectivity index (χ1) is 13.1. The topological polar surface area (TPSA) is 84.2 Å². The van der Waals surface area contributed by atoms with E-state index in [1.165, 1.54) is 12.3 Å². The predicted molar refractivity (Wildman–Crippen MR) is 97.7 cm³/mol. The van der Waals surface area contributed by atoms with Crippen molar-refractivity contribution < 1.29 is 28.2 Å². The van der Waals surface area contributed by atoms with Gasteiger partial charge in [-0.3, -0.25) is 4.79 Å². The van der Waals surface area contributed by atoms with Crippen LogP contribution in [-0.4, -0.2) is 26.3 Å². The van der Waals surface area contributed by atoms with Gasteiger partial charge in [0.2, 0.25) is 11.2 Å². The van der Waals surface area contributed by atoms with Crippen molar-refractivity contribution in [3.05, 3.63) is 59.0 Å². The van der Waals surface area contributed by atoms with Crippen LogP contribution in [0.2, 0.25) is 0 Å². The molecule has 2 aromatic carbocycles. The Morgan fingerprint density at radius 2 is 1.89 bits per heavy atom. The van der Waals surface area contributed by atoms with Crippen molar-refractivity contribution in [2.45, 2.75) is 6.92 Å². The van der Waals surface area contributed by atoms with Crippen molar-refractivity contribution >= 4 is 16.9 Å². The minimum absolute atomic E-state index is 0.0518. The summed E-state index contributed by atoms with van der Waals surface area (Å²) in [5.41, 5.74) is -0.00429. The molecule has 7 nitrogen and oxygen atoms in total. The molecule has 3 rings (SSSR count). The molecular weight excluding hydrogens is 352 g/mol. The van der Waals surface area contributed by atoms with Gasteiger partial charge in [-0.25, -0.2) is 4.79 Å². The monoisotopic (exact) mass is 370 g/mol. The second kappa shape index (κ2) is 8.27. The Hall–Kier alpha value is -3.48. The Balaban J connectivity index is 1.81. The molecule has 0 N–H and O–H groups in total. The molecule has 0 aliphatic heterocycles. The summed E-state index contributed by atoms with van der Waals surface area (Å²) in [6.45, 7) is 1.78. The van der Waals surface area contributed by atoms with Gasteiger partial charge in [-0.1, -0.05) is 6.07 Å². The lowest BCUT2D eigenvalue weighted by atomic mass is 10.2. The van der Waals surface area contributed by atoms with E-state index in [-0.39, 0.29) is 24.4 Å². The van der Waals surface area contributed by atoms with Gasteiger partial charge in [0, 0.05) is 12.1 Å². The zero-order valence-corrected chi connectivity index (χ0v) is 14.9. The number of benzene rings is 2. The van der Waals surface area contributed by atoms with Gasteiger partial charge >= 0.3 is 5.97 Å². The molecule has 0 aliphatic rings. The summed E-state index contributed by atoms with van der Waals surface area (Å²) in [4.78, 5) is 24.0. The highest BCUT2D eigenvalue weighted by molar-refractivity contribution is 5.79. The normalized spacial score (nSPS) is 10.4. The number of methoxy groups -OCH3 is 1. The predicted octanol–water partition coefficient (Wildman–Crippen LogP) is 3.54. The number of carbonyl (C=O) groups excluding carboxylic acids is 1. The van der Waals surface area contributed by atoms with Crippen LogP contribution < -0.4 is 19.6 Å². The van der Waals surface area contributed by atoms with Crippen LogP contribution in [0.4, 0.5) is 0 Å². The number of carbonyl (C=O) groups is 1. The third kappa shape index (κ3) is 4.38. The fourth-order valence-corrected chi connectivity index (χ4v) is 2.39. The summed E-state index contributed by atoms with van der Waals surface area (Å²) < 4.78 is 26.4. The lowest BCUT2D eigenvalue weighted by Crippen LogP contribution is -2.14. The maximum atomic E-state index is 12.6. The number of hydrogen-bond donors (Lipinski definition) is 0. The number of hydrogen-bond acceptors (Lipinski definition) is 7. The highest BCUT2D eigenvalue weighted by atomic mass is 16.6. The molecule has 0 radical (unpaired) electrons. The maximum Gasteiger partial charge on any atom is 0.344 e. The Morgan fingerprint density at radius 1 is 1.07 bits per heavy atom. The standard InChI is InChI=1S/C20H18O7/c1-3-24-19(21)12-25-14-7-8-16-17(10-14)26-11-18(20(16)22)27-15-6-4-5-13(9-15)23-2/h4-11H,3,12H2,1-2H3. The van der Waals surface area contributed by atoms with E-state index in [0.29, 0.717) is 28.2 Å². The second-order valence-electron chi connectivity index (χ2n) is 5.46. The van der Waals surface area contributed by atoms with Gasteiger partial charge in [0.15, 0.2) is 6.61 Å². The quantitative estimate of drug-likeness (QED) is 0.588. The van der Waals surface area contributed by atoms with Crippen LogP contribution in [0.25, 0.3) is 11.0 Å². The van der Waals surface area contributed by atoms with Gasteiger partial charge < -0.3 is 23.4 Å². The highest BCUT2D eigenvalue weighted by Gasteiger charge is 2.11. The largest absolute Gasteiger partial charge is 0.497 e. The van der Waals surface area contributed by atoms with Crippen LogP contribution >= 0.6 is 0 Å². The maximum absolute atomic E-state index is 12.6. The average molecular weight is 370 g/mol. The Labute approximate surface area is 155 Å². The molecule has 1 heterocycles. The van der Waals surface area contributed by atoms with Gasteiger partial charge in [-0.15, -0.1) is 0 Å². The molecule has 140 valence electrons. The van der Waals surface area contributed by atoms with Crippen LogP contribution in [0.3, 0.4) is 0 Å². The Kier molecular flexibility index (Phi) is 5.61. The van der Waals surface area contributed by atoms with Gasteiger partial charge in [0.1, 0.15) is 29.1 Å². The summed E-state index contributed by atoms with van der Waals surface area (Å²) in [7, 11) is 1.55. The van der Waals surface area contributed by atoms with E-state index in [0.717, 1.165) is 0 Å². The molecule has 0 aliphatic carbocycles. The third-order valence-corrected chi connectivity index (χ3v) is 3.65. The first kappa shape index (κ1) is 18.3. The van der Waals surface area contributed by atoms with Gasteiger partial charge in [0.25, 0.3) is 0 Å². The fourth-order valence-electron chi connectivity index (χ4n) is 2.39. The molecule has 0 saturated carbocycles. The summed E-state index contributed by atoms with van der Waals surface area (Å²) >= 11 is 0. The Bertz CT molecular complexity index is 1010. The van der Waals surface area contributed by atoms with Crippen LogP contribution in [0, 0.1) is 0 Å².